The van der Waals surface area contributed by atoms with E-state index in [1.54, 1.807) is 24.4 Å². The Morgan fingerprint density at radius 2 is 1.51 bits per heavy atom. The van der Waals surface area contributed by atoms with Gasteiger partial charge >= 0.3 is 0 Å². The highest BCUT2D eigenvalue weighted by molar-refractivity contribution is 7.89. The van der Waals surface area contributed by atoms with Crippen LogP contribution in [0.25, 0.3) is 5.69 Å². The molecule has 0 fully saturated rings. The van der Waals surface area contributed by atoms with Crippen molar-refractivity contribution in [1.82, 2.24) is 14.3 Å². The average molecular weight is 543 g/mol. The zero-order valence-electron chi connectivity index (χ0n) is 22.8. The molecule has 1 aromatic heterocycles. The van der Waals surface area contributed by atoms with Crippen LogP contribution < -0.4 is 5.43 Å². The second kappa shape index (κ2) is 12.2. The minimum absolute atomic E-state index is 0.147. The van der Waals surface area contributed by atoms with E-state index in [0.717, 1.165) is 28.2 Å². The summed E-state index contributed by atoms with van der Waals surface area (Å²) in [5.74, 6) is -0.512. The number of para-hydroxylation sites is 1. The van der Waals surface area contributed by atoms with Crippen molar-refractivity contribution in [3.8, 4) is 5.69 Å². The van der Waals surface area contributed by atoms with E-state index in [1.165, 1.54) is 27.6 Å². The Morgan fingerprint density at radius 3 is 2.15 bits per heavy atom. The van der Waals surface area contributed by atoms with Gasteiger partial charge in [-0.05, 0) is 69.0 Å². The van der Waals surface area contributed by atoms with Crippen molar-refractivity contribution in [2.75, 3.05) is 13.1 Å². The molecule has 3 aromatic carbocycles. The number of nitrogens with zero attached hydrogens (tertiary/aromatic N) is 3. The van der Waals surface area contributed by atoms with Crippen molar-refractivity contribution in [3.63, 3.8) is 0 Å². The van der Waals surface area contributed by atoms with Gasteiger partial charge in [-0.15, -0.1) is 0 Å². The monoisotopic (exact) mass is 542 g/mol. The molecule has 4 aromatic rings. The van der Waals surface area contributed by atoms with Crippen molar-refractivity contribution in [3.05, 3.63) is 119 Å². The number of carbonyl (C=O) groups excluding carboxylic acids is 1. The first-order valence-electron chi connectivity index (χ1n) is 12.8. The van der Waals surface area contributed by atoms with Crippen molar-refractivity contribution in [2.45, 2.75) is 39.0 Å². The molecule has 39 heavy (non-hydrogen) atoms. The van der Waals surface area contributed by atoms with Crippen LogP contribution in [-0.4, -0.2) is 42.5 Å². The van der Waals surface area contributed by atoms with Crippen molar-refractivity contribution < 1.29 is 13.2 Å². The molecule has 1 heterocycles. The van der Waals surface area contributed by atoms with Gasteiger partial charge in [-0.3, -0.25) is 4.79 Å². The molecule has 0 spiro atoms. The zero-order valence-corrected chi connectivity index (χ0v) is 23.6. The van der Waals surface area contributed by atoms with Crippen LogP contribution in [0, 0.1) is 27.7 Å². The third-order valence-corrected chi connectivity index (χ3v) is 8.58. The number of hydrogen-bond donors (Lipinski definition) is 1. The Balaban J connectivity index is 1.50. The Bertz CT molecular complexity index is 1560. The summed E-state index contributed by atoms with van der Waals surface area (Å²) in [7, 11) is -3.87. The summed E-state index contributed by atoms with van der Waals surface area (Å²) < 4.78 is 30.1. The molecule has 7 nitrogen and oxygen atoms in total. The van der Waals surface area contributed by atoms with Gasteiger partial charge in [-0.1, -0.05) is 66.7 Å². The molecule has 202 valence electrons. The first kappa shape index (κ1) is 28.0. The lowest BCUT2D eigenvalue weighted by atomic mass is 10.1. The maximum Gasteiger partial charge on any atom is 0.255 e. The van der Waals surface area contributed by atoms with E-state index in [1.807, 2.05) is 56.3 Å². The van der Waals surface area contributed by atoms with Crippen LogP contribution in [0.2, 0.25) is 0 Å². The van der Waals surface area contributed by atoms with Gasteiger partial charge in [0.25, 0.3) is 5.91 Å². The fourth-order valence-corrected chi connectivity index (χ4v) is 6.13. The Labute approximate surface area is 230 Å². The molecule has 0 saturated carbocycles. The van der Waals surface area contributed by atoms with Crippen molar-refractivity contribution >= 4 is 22.1 Å². The predicted molar refractivity (Wildman–Crippen MR) is 156 cm³/mol. The summed E-state index contributed by atoms with van der Waals surface area (Å²) in [6.07, 6.45) is 2.08. The largest absolute Gasteiger partial charge is 0.317 e. The molecule has 0 aliphatic heterocycles. The Kier molecular flexibility index (Phi) is 8.79. The number of sulfonamides is 1. The number of nitrogens with one attached hydrogen (secondary N) is 1. The SMILES string of the molecule is Cc1cccc(C)c1-n1c(C)cc(/C=N/NC(=O)CN(CCc2ccccc2)S(=O)(=O)c2ccccc2)c1C. The van der Waals surface area contributed by atoms with Crippen LogP contribution in [0.15, 0.2) is 94.9 Å². The third-order valence-electron chi connectivity index (χ3n) is 6.72. The molecule has 0 aliphatic carbocycles. The van der Waals surface area contributed by atoms with E-state index in [0.29, 0.717) is 6.42 Å². The molecule has 0 atom stereocenters. The smallest absolute Gasteiger partial charge is 0.255 e. The van der Waals surface area contributed by atoms with Crippen LogP contribution in [0.3, 0.4) is 0 Å². The maximum atomic E-state index is 13.4. The molecule has 1 N–H and O–H groups in total. The third kappa shape index (κ3) is 6.53. The van der Waals surface area contributed by atoms with Crippen LogP contribution in [0.1, 0.15) is 33.6 Å². The number of aromatic nitrogens is 1. The highest BCUT2D eigenvalue weighted by Gasteiger charge is 2.26. The number of aryl methyl sites for hydroxylation is 3. The van der Waals surface area contributed by atoms with Gasteiger partial charge in [0, 0.05) is 23.5 Å². The van der Waals surface area contributed by atoms with Crippen molar-refractivity contribution in [1.29, 1.82) is 0 Å². The van der Waals surface area contributed by atoms with E-state index in [-0.39, 0.29) is 18.0 Å². The molecule has 0 unspecified atom stereocenters. The maximum absolute atomic E-state index is 13.4. The quantitative estimate of drug-likeness (QED) is 0.224. The summed E-state index contributed by atoms with van der Waals surface area (Å²) in [6, 6.07) is 26.0. The highest BCUT2D eigenvalue weighted by Crippen LogP contribution is 2.25. The highest BCUT2D eigenvalue weighted by atomic mass is 32.2. The predicted octanol–water partition coefficient (Wildman–Crippen LogP) is 5.09. The fourth-order valence-electron chi connectivity index (χ4n) is 4.71. The van der Waals surface area contributed by atoms with E-state index in [4.69, 9.17) is 0 Å². The molecule has 0 saturated heterocycles. The lowest BCUT2D eigenvalue weighted by Crippen LogP contribution is -2.40. The van der Waals surface area contributed by atoms with Crippen LogP contribution in [0.5, 0.6) is 0 Å². The first-order valence-corrected chi connectivity index (χ1v) is 14.3. The van der Waals surface area contributed by atoms with E-state index in [2.05, 4.69) is 41.1 Å². The van der Waals surface area contributed by atoms with E-state index < -0.39 is 15.9 Å². The van der Waals surface area contributed by atoms with Crippen LogP contribution in [0.4, 0.5) is 0 Å². The number of rotatable bonds is 10. The Hall–Kier alpha value is -4.01. The van der Waals surface area contributed by atoms with Gasteiger partial charge in [0.1, 0.15) is 0 Å². The van der Waals surface area contributed by atoms with Crippen molar-refractivity contribution in [2.24, 2.45) is 5.10 Å². The molecule has 8 heteroatoms. The summed E-state index contributed by atoms with van der Waals surface area (Å²) >= 11 is 0. The zero-order chi connectivity index (χ0) is 28.0. The second-order valence-electron chi connectivity index (χ2n) is 9.58. The molecule has 0 radical (unpaired) electrons. The van der Waals surface area contributed by atoms with Gasteiger partial charge in [0.05, 0.1) is 23.3 Å². The molecular formula is C31H34N4O3S. The van der Waals surface area contributed by atoms with Gasteiger partial charge < -0.3 is 4.57 Å². The lowest BCUT2D eigenvalue weighted by Gasteiger charge is -2.21. The van der Waals surface area contributed by atoms with Gasteiger partial charge in [0.2, 0.25) is 10.0 Å². The number of hydrazone groups is 1. The fraction of sp³-hybridized carbons (Fsp3) is 0.226. The van der Waals surface area contributed by atoms with Crippen LogP contribution in [-0.2, 0) is 21.2 Å². The van der Waals surface area contributed by atoms with E-state index >= 15 is 0 Å². The summed E-state index contributed by atoms with van der Waals surface area (Å²) in [5.41, 5.74) is 9.90. The Morgan fingerprint density at radius 1 is 0.897 bits per heavy atom. The number of carbonyl (C=O) groups is 1. The van der Waals surface area contributed by atoms with Crippen LogP contribution >= 0.6 is 0 Å². The normalized spacial score (nSPS) is 11.8. The summed E-state index contributed by atoms with van der Waals surface area (Å²) in [4.78, 5) is 13.0. The van der Waals surface area contributed by atoms with Gasteiger partial charge in [-0.25, -0.2) is 13.8 Å². The molecule has 4 rings (SSSR count). The average Bonchev–Trinajstić information content (AvgIpc) is 3.20. The molecule has 0 aliphatic rings. The second-order valence-corrected chi connectivity index (χ2v) is 11.5. The molecular weight excluding hydrogens is 508 g/mol. The number of hydrogen-bond acceptors (Lipinski definition) is 4. The minimum atomic E-state index is -3.87. The molecule has 1 amide bonds. The first-order chi connectivity index (χ1) is 18.7. The van der Waals surface area contributed by atoms with E-state index in [9.17, 15) is 13.2 Å². The summed E-state index contributed by atoms with van der Waals surface area (Å²) in [6.45, 7) is 8.04. The summed E-state index contributed by atoms with van der Waals surface area (Å²) in [5, 5.41) is 4.16. The lowest BCUT2D eigenvalue weighted by molar-refractivity contribution is -0.121. The number of amides is 1. The topological polar surface area (TPSA) is 83.8 Å². The number of benzene rings is 3. The minimum Gasteiger partial charge on any atom is -0.317 e. The van der Waals surface area contributed by atoms with Gasteiger partial charge in [-0.2, -0.15) is 9.41 Å². The van der Waals surface area contributed by atoms with Gasteiger partial charge in [0.15, 0.2) is 0 Å². The standard InChI is InChI=1S/C31H34N4O3S/c1-23-12-11-13-24(2)31(23)35-25(3)20-28(26(35)4)21-32-33-30(36)22-34(19-18-27-14-7-5-8-15-27)39(37,38)29-16-9-6-10-17-29/h5-17,20-21H,18-19,22H2,1-4H3,(H,33,36)/b32-21+. The molecule has 0 bridgehead atoms.